The van der Waals surface area contributed by atoms with E-state index < -0.39 is 17.4 Å². The minimum Gasteiger partial charge on any atom is -0.481 e. The fourth-order valence-corrected chi connectivity index (χ4v) is 4.11. The topological polar surface area (TPSA) is 74.6 Å². The minimum atomic E-state index is -0.712. The Morgan fingerprint density at radius 3 is 1.93 bits per heavy atom. The quantitative estimate of drug-likeness (QED) is 0.365. The summed E-state index contributed by atoms with van der Waals surface area (Å²) >= 11 is 0. The molecule has 0 aromatic heterocycles. The molecule has 1 fully saturated rings. The van der Waals surface area contributed by atoms with Gasteiger partial charge >= 0.3 is 11.9 Å². The van der Waals surface area contributed by atoms with Crippen LogP contribution in [0.25, 0.3) is 0 Å². The molecular formula is C25H38O4. The molecule has 0 saturated heterocycles. The van der Waals surface area contributed by atoms with Gasteiger partial charge in [-0.2, -0.15) is 0 Å². The summed E-state index contributed by atoms with van der Waals surface area (Å²) in [6, 6.07) is 6.83. The van der Waals surface area contributed by atoms with Crippen LogP contribution < -0.4 is 0 Å². The van der Waals surface area contributed by atoms with E-state index in [0.29, 0.717) is 0 Å². The lowest BCUT2D eigenvalue weighted by Crippen LogP contribution is -2.23. The maximum Gasteiger partial charge on any atom is 0.309 e. The van der Waals surface area contributed by atoms with Crippen molar-refractivity contribution in [2.45, 2.75) is 97.8 Å². The fourth-order valence-electron chi connectivity index (χ4n) is 4.11. The summed E-state index contributed by atoms with van der Waals surface area (Å²) in [5.74, 6) is -1.32. The minimum absolute atomic E-state index is 0.379. The van der Waals surface area contributed by atoms with Crippen LogP contribution in [-0.2, 0) is 22.4 Å². The first-order valence-corrected chi connectivity index (χ1v) is 11.2. The Kier molecular flexibility index (Phi) is 8.30. The van der Waals surface area contributed by atoms with Crippen LogP contribution in [0.15, 0.2) is 18.2 Å². The lowest BCUT2D eigenvalue weighted by Gasteiger charge is -2.18. The number of carboxylic acid groups (broad SMARTS) is 2. The molecule has 0 amide bonds. The average Bonchev–Trinajstić information content (AvgIpc) is 3.42. The van der Waals surface area contributed by atoms with Crippen LogP contribution in [0.5, 0.6) is 0 Å². The number of aryl methyl sites for hydroxylation is 3. The molecule has 0 unspecified atom stereocenters. The van der Waals surface area contributed by atoms with Gasteiger partial charge in [-0.3, -0.25) is 9.59 Å². The molecule has 4 heteroatoms. The predicted molar refractivity (Wildman–Crippen MR) is 116 cm³/mol. The number of hydrogen-bond acceptors (Lipinski definition) is 2. The number of aliphatic carboxylic acids is 2. The highest BCUT2D eigenvalue weighted by Crippen LogP contribution is 2.50. The molecule has 4 nitrogen and oxygen atoms in total. The van der Waals surface area contributed by atoms with E-state index in [4.69, 9.17) is 0 Å². The van der Waals surface area contributed by atoms with Crippen LogP contribution in [0.3, 0.4) is 0 Å². The van der Waals surface area contributed by atoms with Gasteiger partial charge in [0.25, 0.3) is 0 Å². The van der Waals surface area contributed by atoms with Crippen molar-refractivity contribution in [1.82, 2.24) is 0 Å². The third-order valence-corrected chi connectivity index (χ3v) is 6.47. The highest BCUT2D eigenvalue weighted by Gasteiger charge is 2.49. The van der Waals surface area contributed by atoms with Crippen LogP contribution >= 0.6 is 0 Å². The van der Waals surface area contributed by atoms with Gasteiger partial charge in [-0.15, -0.1) is 0 Å². The number of benzene rings is 1. The van der Waals surface area contributed by atoms with E-state index in [2.05, 4.69) is 25.1 Å². The van der Waals surface area contributed by atoms with Crippen LogP contribution in [0, 0.1) is 17.8 Å². The number of unbranched alkanes of at least 4 members (excludes halogenated alkanes) is 4. The van der Waals surface area contributed by atoms with Crippen molar-refractivity contribution in [3.63, 3.8) is 0 Å². The van der Waals surface area contributed by atoms with E-state index in [0.717, 1.165) is 77.0 Å². The normalized spacial score (nSPS) is 15.3. The van der Waals surface area contributed by atoms with Gasteiger partial charge in [0.2, 0.25) is 0 Å². The second-order valence-corrected chi connectivity index (χ2v) is 9.72. The maximum absolute atomic E-state index is 11.2. The van der Waals surface area contributed by atoms with E-state index in [1.165, 1.54) is 16.7 Å². The summed E-state index contributed by atoms with van der Waals surface area (Å²) in [6.45, 7) is 5.74. The average molecular weight is 403 g/mol. The zero-order chi connectivity index (χ0) is 21.5. The van der Waals surface area contributed by atoms with E-state index in [1.54, 1.807) is 13.8 Å². The number of hydrogen-bond donors (Lipinski definition) is 2. The molecule has 162 valence electrons. The Labute approximate surface area is 175 Å². The van der Waals surface area contributed by atoms with Crippen LogP contribution in [0.4, 0.5) is 0 Å². The third-order valence-electron chi connectivity index (χ3n) is 6.47. The Hall–Kier alpha value is -1.84. The lowest BCUT2D eigenvalue weighted by atomic mass is 9.87. The van der Waals surface area contributed by atoms with E-state index in [9.17, 15) is 19.8 Å². The Bertz CT molecular complexity index is 657. The van der Waals surface area contributed by atoms with E-state index >= 15 is 0 Å². The summed E-state index contributed by atoms with van der Waals surface area (Å²) in [5, 5.41) is 18.4. The van der Waals surface area contributed by atoms with Gasteiger partial charge in [-0.25, -0.2) is 0 Å². The molecule has 1 aliphatic rings. The first kappa shape index (κ1) is 23.4. The fraction of sp³-hybridized carbons (Fsp3) is 0.680. The molecule has 0 spiro atoms. The number of rotatable bonds is 14. The van der Waals surface area contributed by atoms with Gasteiger partial charge in [0.15, 0.2) is 0 Å². The molecule has 0 aliphatic heterocycles. The zero-order valence-electron chi connectivity index (χ0n) is 18.4. The molecule has 0 heterocycles. The monoisotopic (exact) mass is 402 g/mol. The molecular weight excluding hydrogens is 364 g/mol. The summed E-state index contributed by atoms with van der Waals surface area (Å²) < 4.78 is 0. The Balaban J connectivity index is 1.68. The number of carbonyl (C=O) groups is 2. The second kappa shape index (κ2) is 10.3. The SMILES string of the molecule is Cc1cc(CCCCCC(C)(C)C(=O)O)cc(CCCCCC2(C(=O)O)CC2)c1. The summed E-state index contributed by atoms with van der Waals surface area (Å²) in [4.78, 5) is 22.4. The van der Waals surface area contributed by atoms with Crippen molar-refractivity contribution in [2.24, 2.45) is 10.8 Å². The molecule has 1 aromatic carbocycles. The van der Waals surface area contributed by atoms with Crippen molar-refractivity contribution in [2.75, 3.05) is 0 Å². The molecule has 29 heavy (non-hydrogen) atoms. The predicted octanol–water partition coefficient (Wildman–Crippen LogP) is 6.18. The largest absolute Gasteiger partial charge is 0.481 e. The van der Waals surface area contributed by atoms with Crippen molar-refractivity contribution in [1.29, 1.82) is 0 Å². The molecule has 1 saturated carbocycles. The zero-order valence-corrected chi connectivity index (χ0v) is 18.4. The van der Waals surface area contributed by atoms with Crippen molar-refractivity contribution in [3.8, 4) is 0 Å². The van der Waals surface area contributed by atoms with Gasteiger partial charge in [0.1, 0.15) is 0 Å². The first-order chi connectivity index (χ1) is 13.6. The molecule has 0 atom stereocenters. The van der Waals surface area contributed by atoms with E-state index in [-0.39, 0.29) is 5.41 Å². The van der Waals surface area contributed by atoms with Crippen LogP contribution in [-0.4, -0.2) is 22.2 Å². The molecule has 2 rings (SSSR count). The van der Waals surface area contributed by atoms with Gasteiger partial charge in [-0.05, 0) is 83.3 Å². The molecule has 0 radical (unpaired) electrons. The van der Waals surface area contributed by atoms with Crippen molar-refractivity contribution >= 4 is 11.9 Å². The molecule has 1 aliphatic carbocycles. The highest BCUT2D eigenvalue weighted by molar-refractivity contribution is 5.77. The van der Waals surface area contributed by atoms with Gasteiger partial charge in [-0.1, -0.05) is 49.4 Å². The van der Waals surface area contributed by atoms with Gasteiger partial charge < -0.3 is 10.2 Å². The highest BCUT2D eigenvalue weighted by atomic mass is 16.4. The summed E-state index contributed by atoms with van der Waals surface area (Å²) in [6.07, 6.45) is 11.7. The number of carboxylic acids is 2. The summed E-state index contributed by atoms with van der Waals surface area (Å²) in [5.41, 5.74) is 3.05. The van der Waals surface area contributed by atoms with Gasteiger partial charge in [0, 0.05) is 0 Å². The third kappa shape index (κ3) is 7.49. The smallest absolute Gasteiger partial charge is 0.309 e. The van der Waals surface area contributed by atoms with Crippen molar-refractivity contribution in [3.05, 3.63) is 34.9 Å². The lowest BCUT2D eigenvalue weighted by molar-refractivity contribution is -0.147. The van der Waals surface area contributed by atoms with Crippen LogP contribution in [0.1, 0.15) is 94.7 Å². The molecule has 2 N–H and O–H groups in total. The second-order valence-electron chi connectivity index (χ2n) is 9.72. The van der Waals surface area contributed by atoms with Crippen LogP contribution in [0.2, 0.25) is 0 Å². The summed E-state index contributed by atoms with van der Waals surface area (Å²) in [7, 11) is 0. The van der Waals surface area contributed by atoms with E-state index in [1.807, 2.05) is 0 Å². The Morgan fingerprint density at radius 1 is 0.897 bits per heavy atom. The standard InChI is InChI=1S/C25H38O4/c1-19-16-20(10-6-4-8-12-24(2,3)22(26)27)18-21(17-19)11-7-5-9-13-25(14-15-25)23(28)29/h16-18H,4-15H2,1-3H3,(H,26,27)(H,28,29). The molecule has 0 bridgehead atoms. The maximum atomic E-state index is 11.2. The first-order valence-electron chi connectivity index (χ1n) is 11.2. The Morgan fingerprint density at radius 2 is 1.45 bits per heavy atom. The van der Waals surface area contributed by atoms with Gasteiger partial charge in [0.05, 0.1) is 10.8 Å². The van der Waals surface area contributed by atoms with Crippen molar-refractivity contribution < 1.29 is 19.8 Å². The molecule has 1 aromatic rings.